The summed E-state index contributed by atoms with van der Waals surface area (Å²) in [4.78, 5) is 16.1. The van der Waals surface area contributed by atoms with Gasteiger partial charge in [-0.2, -0.15) is 0 Å². The Morgan fingerprint density at radius 3 is 2.94 bits per heavy atom. The number of nitrogens with zero attached hydrogens (tertiary/aromatic N) is 1. The quantitative estimate of drug-likeness (QED) is 0.561. The molecule has 1 amide bonds. The van der Waals surface area contributed by atoms with Gasteiger partial charge in [0, 0.05) is 18.4 Å². The number of nitrogen functional groups attached to an aromatic ring is 1. The Hall–Kier alpha value is -1.62. The number of amides is 1. The van der Waals surface area contributed by atoms with Crippen molar-refractivity contribution in [2.24, 2.45) is 11.3 Å². The van der Waals surface area contributed by atoms with E-state index >= 15 is 0 Å². The molecule has 1 fully saturated rings. The van der Waals surface area contributed by atoms with Crippen LogP contribution < -0.4 is 16.6 Å². The normalized spacial score (nSPS) is 21.6. The molecule has 1 aromatic rings. The molecule has 0 aromatic carbocycles. The second kappa shape index (κ2) is 4.94. The van der Waals surface area contributed by atoms with Crippen molar-refractivity contribution < 1.29 is 4.79 Å². The van der Waals surface area contributed by atoms with E-state index in [1.807, 2.05) is 0 Å². The van der Waals surface area contributed by atoms with Crippen molar-refractivity contribution in [3.05, 3.63) is 24.0 Å². The first-order chi connectivity index (χ1) is 8.52. The smallest absolute Gasteiger partial charge is 0.255 e. The monoisotopic (exact) mass is 248 g/mol. The molecule has 4 N–H and O–H groups in total. The third-order valence-corrected chi connectivity index (χ3v) is 3.52. The predicted molar refractivity (Wildman–Crippen MR) is 70.9 cm³/mol. The summed E-state index contributed by atoms with van der Waals surface area (Å²) < 4.78 is 0. The predicted octanol–water partition coefficient (Wildman–Crippen LogP) is 1.68. The molecule has 1 saturated carbocycles. The third kappa shape index (κ3) is 2.79. The number of aromatic nitrogens is 1. The van der Waals surface area contributed by atoms with Gasteiger partial charge in [0.25, 0.3) is 5.91 Å². The molecule has 5 heteroatoms. The first kappa shape index (κ1) is 12.8. The fraction of sp³-hybridized carbons (Fsp3) is 0.538. The first-order valence-electron chi connectivity index (χ1n) is 6.23. The van der Waals surface area contributed by atoms with Crippen molar-refractivity contribution in [2.45, 2.75) is 39.2 Å². The zero-order chi connectivity index (χ0) is 13.2. The lowest BCUT2D eigenvalue weighted by Crippen LogP contribution is -2.34. The van der Waals surface area contributed by atoms with E-state index in [9.17, 15) is 4.79 Å². The van der Waals surface area contributed by atoms with E-state index in [1.54, 1.807) is 12.3 Å². The van der Waals surface area contributed by atoms with Gasteiger partial charge in [-0.15, -0.1) is 0 Å². The number of hydrogen-bond donors (Lipinski definition) is 3. The number of hydrogen-bond acceptors (Lipinski definition) is 4. The minimum absolute atomic E-state index is 0.112. The van der Waals surface area contributed by atoms with Gasteiger partial charge in [0.1, 0.15) is 0 Å². The second-order valence-corrected chi connectivity index (χ2v) is 5.64. The van der Waals surface area contributed by atoms with Gasteiger partial charge in [0.15, 0.2) is 0 Å². The topological polar surface area (TPSA) is 80.0 Å². The summed E-state index contributed by atoms with van der Waals surface area (Å²) in [5, 5.41) is 3.05. The van der Waals surface area contributed by atoms with E-state index in [-0.39, 0.29) is 11.9 Å². The Labute approximate surface area is 107 Å². The molecule has 0 radical (unpaired) electrons. The Morgan fingerprint density at radius 1 is 1.56 bits per heavy atom. The van der Waals surface area contributed by atoms with Crippen LogP contribution in [0.15, 0.2) is 18.5 Å². The zero-order valence-electron chi connectivity index (χ0n) is 10.9. The van der Waals surface area contributed by atoms with E-state index in [2.05, 4.69) is 29.6 Å². The molecular formula is C13H20N4O. The maximum Gasteiger partial charge on any atom is 0.255 e. The second-order valence-electron chi connectivity index (χ2n) is 5.64. The summed E-state index contributed by atoms with van der Waals surface area (Å²) in [7, 11) is 0. The highest BCUT2D eigenvalue weighted by Gasteiger charge is 2.32. The van der Waals surface area contributed by atoms with Crippen LogP contribution in [0.5, 0.6) is 0 Å². The molecule has 2 rings (SSSR count). The number of rotatable bonds is 3. The average molecular weight is 248 g/mol. The van der Waals surface area contributed by atoms with Crippen molar-refractivity contribution in [3.63, 3.8) is 0 Å². The Kier molecular flexibility index (Phi) is 3.52. The van der Waals surface area contributed by atoms with Crippen LogP contribution in [0.3, 0.4) is 0 Å². The molecule has 1 heterocycles. The van der Waals surface area contributed by atoms with Crippen molar-refractivity contribution in [3.8, 4) is 0 Å². The lowest BCUT2D eigenvalue weighted by molar-refractivity contribution is 0.0936. The van der Waals surface area contributed by atoms with Crippen molar-refractivity contribution in [2.75, 3.05) is 5.43 Å². The minimum atomic E-state index is -0.112. The molecule has 1 aliphatic carbocycles. The molecule has 1 aliphatic rings. The number of hydrazine groups is 1. The van der Waals surface area contributed by atoms with Gasteiger partial charge in [-0.1, -0.05) is 13.8 Å². The largest absolute Gasteiger partial charge is 0.349 e. The van der Waals surface area contributed by atoms with Crippen LogP contribution in [-0.4, -0.2) is 16.9 Å². The van der Waals surface area contributed by atoms with Crippen LogP contribution in [0.25, 0.3) is 0 Å². The molecular weight excluding hydrogens is 228 g/mol. The van der Waals surface area contributed by atoms with Crippen molar-refractivity contribution in [1.82, 2.24) is 10.3 Å². The van der Waals surface area contributed by atoms with Gasteiger partial charge in [-0.25, -0.2) is 0 Å². The highest BCUT2D eigenvalue weighted by atomic mass is 16.1. The van der Waals surface area contributed by atoms with Gasteiger partial charge < -0.3 is 10.7 Å². The maximum absolute atomic E-state index is 12.1. The van der Waals surface area contributed by atoms with E-state index in [4.69, 9.17) is 5.84 Å². The SMILES string of the molecule is CC1(C)CCC(NC(=O)c2cnccc2NN)C1. The van der Waals surface area contributed by atoms with Gasteiger partial charge in [-0.05, 0) is 30.7 Å². The molecule has 0 spiro atoms. The Morgan fingerprint density at radius 2 is 2.33 bits per heavy atom. The van der Waals surface area contributed by atoms with Crippen LogP contribution in [0, 0.1) is 5.41 Å². The molecule has 18 heavy (non-hydrogen) atoms. The van der Waals surface area contributed by atoms with E-state index < -0.39 is 0 Å². The molecule has 0 aliphatic heterocycles. The van der Waals surface area contributed by atoms with Crippen molar-refractivity contribution in [1.29, 1.82) is 0 Å². The van der Waals surface area contributed by atoms with Crippen LogP contribution in [0.1, 0.15) is 43.5 Å². The molecule has 0 saturated heterocycles. The molecule has 1 atom stereocenters. The lowest BCUT2D eigenvalue weighted by atomic mass is 9.92. The van der Waals surface area contributed by atoms with Crippen LogP contribution in [-0.2, 0) is 0 Å². The summed E-state index contributed by atoms with van der Waals surface area (Å²) in [6.45, 7) is 4.46. The van der Waals surface area contributed by atoms with E-state index in [0.29, 0.717) is 16.7 Å². The molecule has 1 unspecified atom stereocenters. The fourth-order valence-corrected chi connectivity index (χ4v) is 2.52. The summed E-state index contributed by atoms with van der Waals surface area (Å²) >= 11 is 0. The number of carbonyl (C=O) groups is 1. The van der Waals surface area contributed by atoms with Gasteiger partial charge in [-0.3, -0.25) is 15.6 Å². The highest BCUT2D eigenvalue weighted by Crippen LogP contribution is 2.37. The Balaban J connectivity index is 2.04. The van der Waals surface area contributed by atoms with Crippen LogP contribution in [0.4, 0.5) is 5.69 Å². The molecule has 98 valence electrons. The van der Waals surface area contributed by atoms with Crippen LogP contribution in [0.2, 0.25) is 0 Å². The van der Waals surface area contributed by atoms with Gasteiger partial charge in [0.2, 0.25) is 0 Å². The molecule has 5 nitrogen and oxygen atoms in total. The van der Waals surface area contributed by atoms with Crippen LogP contribution >= 0.6 is 0 Å². The lowest BCUT2D eigenvalue weighted by Gasteiger charge is -2.18. The standard InChI is InChI=1S/C13H20N4O/c1-13(2)5-3-9(7-13)16-12(18)10-8-15-6-4-11(10)17-14/h4,6,8-9H,3,5,7,14H2,1-2H3,(H,15,17)(H,16,18). The van der Waals surface area contributed by atoms with E-state index in [0.717, 1.165) is 19.3 Å². The molecule has 1 aromatic heterocycles. The number of carbonyl (C=O) groups excluding carboxylic acids is 1. The first-order valence-corrected chi connectivity index (χ1v) is 6.23. The number of anilines is 1. The number of nitrogens with one attached hydrogen (secondary N) is 2. The van der Waals surface area contributed by atoms with Gasteiger partial charge in [0.05, 0.1) is 11.3 Å². The van der Waals surface area contributed by atoms with E-state index in [1.165, 1.54) is 6.20 Å². The maximum atomic E-state index is 12.1. The molecule has 0 bridgehead atoms. The fourth-order valence-electron chi connectivity index (χ4n) is 2.52. The average Bonchev–Trinajstić information content (AvgIpc) is 2.68. The summed E-state index contributed by atoms with van der Waals surface area (Å²) in [5.41, 5.74) is 3.93. The van der Waals surface area contributed by atoms with Crippen molar-refractivity contribution >= 4 is 11.6 Å². The third-order valence-electron chi connectivity index (χ3n) is 3.52. The Bertz CT molecular complexity index is 444. The zero-order valence-corrected chi connectivity index (χ0v) is 10.9. The minimum Gasteiger partial charge on any atom is -0.349 e. The highest BCUT2D eigenvalue weighted by molar-refractivity contribution is 5.99. The summed E-state index contributed by atoms with van der Waals surface area (Å²) in [6.07, 6.45) is 6.33. The number of nitrogens with two attached hydrogens (primary N) is 1. The van der Waals surface area contributed by atoms with Gasteiger partial charge >= 0.3 is 0 Å². The summed E-state index contributed by atoms with van der Waals surface area (Å²) in [6, 6.07) is 1.94. The number of pyridine rings is 1. The summed E-state index contributed by atoms with van der Waals surface area (Å²) in [5.74, 6) is 5.27.